The number of nitrogens with one attached hydrogen (secondary N) is 1. The van der Waals surface area contributed by atoms with Gasteiger partial charge in [0.15, 0.2) is 0 Å². The van der Waals surface area contributed by atoms with E-state index in [9.17, 15) is 13.2 Å². The highest BCUT2D eigenvalue weighted by molar-refractivity contribution is 7.89. The summed E-state index contributed by atoms with van der Waals surface area (Å²) in [7, 11) is -0.554. The van der Waals surface area contributed by atoms with E-state index < -0.39 is 10.0 Å². The molecule has 1 amide bonds. The second-order valence-electron chi connectivity index (χ2n) is 7.43. The minimum absolute atomic E-state index is 0. The molecular weight excluding hydrogens is 471 g/mol. The van der Waals surface area contributed by atoms with Gasteiger partial charge in [-0.3, -0.25) is 9.79 Å². The molecule has 1 aliphatic heterocycles. The van der Waals surface area contributed by atoms with E-state index in [2.05, 4.69) is 10.3 Å². The van der Waals surface area contributed by atoms with Gasteiger partial charge >= 0.3 is 0 Å². The predicted octanol–water partition coefficient (Wildman–Crippen LogP) is 2.82. The SMILES string of the molecule is CN(CCc1ccc(C2=NCCN2)cc1)C(=O)CCN(C)S(=O)(=O)c1ccccc1Cl.Cl. The van der Waals surface area contributed by atoms with Crippen LogP contribution in [0.25, 0.3) is 0 Å². The van der Waals surface area contributed by atoms with Crippen molar-refractivity contribution in [2.45, 2.75) is 17.7 Å². The number of hydrogen-bond acceptors (Lipinski definition) is 5. The third kappa shape index (κ3) is 6.45. The number of hydrogen-bond donors (Lipinski definition) is 1. The summed E-state index contributed by atoms with van der Waals surface area (Å²) >= 11 is 6.02. The van der Waals surface area contributed by atoms with Gasteiger partial charge in [-0.1, -0.05) is 48.0 Å². The minimum Gasteiger partial charge on any atom is -0.368 e. The molecule has 32 heavy (non-hydrogen) atoms. The molecule has 3 rings (SSSR count). The van der Waals surface area contributed by atoms with Crippen molar-refractivity contribution in [1.82, 2.24) is 14.5 Å². The topological polar surface area (TPSA) is 82.1 Å². The summed E-state index contributed by atoms with van der Waals surface area (Å²) in [6, 6.07) is 14.4. The van der Waals surface area contributed by atoms with Crippen LogP contribution in [0.2, 0.25) is 5.02 Å². The first-order chi connectivity index (χ1) is 14.8. The number of benzene rings is 2. The average Bonchev–Trinajstić information content (AvgIpc) is 3.31. The van der Waals surface area contributed by atoms with Crippen molar-refractivity contribution in [2.75, 3.05) is 40.3 Å². The molecule has 1 heterocycles. The summed E-state index contributed by atoms with van der Waals surface area (Å²) in [6.45, 7) is 2.32. The molecule has 0 saturated carbocycles. The van der Waals surface area contributed by atoms with E-state index in [1.165, 1.54) is 23.5 Å². The Labute approximate surface area is 200 Å². The molecule has 10 heteroatoms. The lowest BCUT2D eigenvalue weighted by Gasteiger charge is -2.21. The summed E-state index contributed by atoms with van der Waals surface area (Å²) in [5.41, 5.74) is 2.19. The van der Waals surface area contributed by atoms with Gasteiger partial charge in [0.05, 0.1) is 11.6 Å². The first kappa shape index (κ1) is 26.1. The normalized spacial score (nSPS) is 13.3. The van der Waals surface area contributed by atoms with Crippen molar-refractivity contribution in [3.8, 4) is 0 Å². The predicted molar refractivity (Wildman–Crippen MR) is 130 cm³/mol. The summed E-state index contributed by atoms with van der Waals surface area (Å²) in [6.07, 6.45) is 0.817. The lowest BCUT2D eigenvalue weighted by atomic mass is 10.1. The summed E-state index contributed by atoms with van der Waals surface area (Å²) in [5, 5.41) is 3.41. The number of aliphatic imine (C=N–C) groups is 1. The molecule has 0 radical (unpaired) electrons. The van der Waals surface area contributed by atoms with Gasteiger partial charge in [-0.05, 0) is 24.1 Å². The van der Waals surface area contributed by atoms with Crippen LogP contribution in [-0.4, -0.2) is 69.6 Å². The molecule has 2 aromatic carbocycles. The molecule has 0 aliphatic carbocycles. The van der Waals surface area contributed by atoms with Crippen LogP contribution in [0, 0.1) is 0 Å². The van der Waals surface area contributed by atoms with Crippen molar-refractivity contribution in [3.05, 3.63) is 64.7 Å². The molecule has 7 nitrogen and oxygen atoms in total. The van der Waals surface area contributed by atoms with Gasteiger partial charge in [0.1, 0.15) is 10.7 Å². The number of nitrogens with zero attached hydrogens (tertiary/aromatic N) is 3. The van der Waals surface area contributed by atoms with Gasteiger partial charge in [-0.25, -0.2) is 12.7 Å². The maximum atomic E-state index is 12.7. The van der Waals surface area contributed by atoms with E-state index >= 15 is 0 Å². The van der Waals surface area contributed by atoms with Crippen LogP contribution in [-0.2, 0) is 21.2 Å². The number of likely N-dealkylation sites (N-methyl/N-ethyl adjacent to an activating group) is 1. The van der Waals surface area contributed by atoms with E-state index in [-0.39, 0.29) is 41.2 Å². The zero-order valence-corrected chi connectivity index (χ0v) is 20.5. The fraction of sp³-hybridized carbons (Fsp3) is 0.364. The number of amides is 1. The van der Waals surface area contributed by atoms with Crippen molar-refractivity contribution >= 4 is 45.8 Å². The Morgan fingerprint density at radius 2 is 1.78 bits per heavy atom. The highest BCUT2D eigenvalue weighted by Gasteiger charge is 2.24. The molecule has 0 fully saturated rings. The van der Waals surface area contributed by atoms with Crippen molar-refractivity contribution < 1.29 is 13.2 Å². The van der Waals surface area contributed by atoms with Crippen molar-refractivity contribution in [2.24, 2.45) is 4.99 Å². The van der Waals surface area contributed by atoms with Crippen LogP contribution in [0.15, 0.2) is 58.4 Å². The number of amidine groups is 1. The van der Waals surface area contributed by atoms with Gasteiger partial charge in [0.2, 0.25) is 15.9 Å². The highest BCUT2D eigenvalue weighted by Crippen LogP contribution is 2.23. The first-order valence-corrected chi connectivity index (χ1v) is 11.9. The summed E-state index contributed by atoms with van der Waals surface area (Å²) in [5.74, 6) is 0.817. The first-order valence-electron chi connectivity index (χ1n) is 10.1. The van der Waals surface area contributed by atoms with Crippen LogP contribution < -0.4 is 5.32 Å². The Morgan fingerprint density at radius 1 is 1.09 bits per heavy atom. The maximum Gasteiger partial charge on any atom is 0.244 e. The van der Waals surface area contributed by atoms with Gasteiger partial charge in [-0.2, -0.15) is 0 Å². The molecule has 174 valence electrons. The van der Waals surface area contributed by atoms with Crippen LogP contribution in [0.1, 0.15) is 17.5 Å². The zero-order chi connectivity index (χ0) is 22.4. The largest absolute Gasteiger partial charge is 0.368 e. The molecule has 0 saturated heterocycles. The molecule has 1 aliphatic rings. The molecule has 0 spiro atoms. The number of carbonyl (C=O) groups excluding carboxylic acids is 1. The fourth-order valence-corrected chi connectivity index (χ4v) is 4.89. The van der Waals surface area contributed by atoms with Crippen LogP contribution >= 0.6 is 24.0 Å². The second kappa shape index (κ2) is 11.7. The average molecular weight is 499 g/mol. The standard InChI is InChI=1S/C22H27ClN4O3S.ClH/c1-26(15-11-17-7-9-18(10-8-17)22-24-13-14-25-22)21(28)12-16-27(2)31(29,30)20-6-4-3-5-19(20)23;/h3-10H,11-16H2,1-2H3,(H,24,25);1H. The quantitative estimate of drug-likeness (QED) is 0.576. The Bertz CT molecular complexity index is 1060. The molecule has 2 aromatic rings. The van der Waals surface area contributed by atoms with Crippen LogP contribution in [0.3, 0.4) is 0 Å². The Morgan fingerprint density at radius 3 is 2.41 bits per heavy atom. The van der Waals surface area contributed by atoms with Gasteiger partial charge in [-0.15, -0.1) is 12.4 Å². The molecule has 0 aromatic heterocycles. The van der Waals surface area contributed by atoms with E-state index in [1.807, 2.05) is 24.3 Å². The number of halogens is 2. The molecule has 1 N–H and O–H groups in total. The minimum atomic E-state index is -3.74. The number of carbonyl (C=O) groups is 1. The summed E-state index contributed by atoms with van der Waals surface area (Å²) < 4.78 is 26.5. The van der Waals surface area contributed by atoms with Crippen molar-refractivity contribution in [3.63, 3.8) is 0 Å². The molecule has 0 atom stereocenters. The molecular formula is C22H28Cl2N4O3S. The van der Waals surface area contributed by atoms with Crippen LogP contribution in [0.4, 0.5) is 0 Å². The Balaban J connectivity index is 0.00000363. The third-order valence-electron chi connectivity index (χ3n) is 5.23. The monoisotopic (exact) mass is 498 g/mol. The Hall–Kier alpha value is -2.13. The Kier molecular flexibility index (Phi) is 9.51. The molecule has 0 bridgehead atoms. The van der Waals surface area contributed by atoms with E-state index in [0.717, 1.165) is 36.5 Å². The number of rotatable bonds is 9. The van der Waals surface area contributed by atoms with Crippen LogP contribution in [0.5, 0.6) is 0 Å². The fourth-order valence-electron chi connectivity index (χ4n) is 3.23. The van der Waals surface area contributed by atoms with Gasteiger partial charge in [0, 0.05) is 45.7 Å². The highest BCUT2D eigenvalue weighted by atomic mass is 35.5. The molecule has 0 unspecified atom stereocenters. The second-order valence-corrected chi connectivity index (χ2v) is 9.85. The van der Waals surface area contributed by atoms with Crippen molar-refractivity contribution in [1.29, 1.82) is 0 Å². The maximum absolute atomic E-state index is 12.7. The van der Waals surface area contributed by atoms with E-state index in [0.29, 0.717) is 6.54 Å². The number of sulfonamides is 1. The smallest absolute Gasteiger partial charge is 0.244 e. The lowest BCUT2D eigenvalue weighted by molar-refractivity contribution is -0.129. The van der Waals surface area contributed by atoms with Gasteiger partial charge in [0.25, 0.3) is 0 Å². The summed E-state index contributed by atoms with van der Waals surface area (Å²) in [4.78, 5) is 18.6. The lowest BCUT2D eigenvalue weighted by Crippen LogP contribution is -2.34. The van der Waals surface area contributed by atoms with E-state index in [1.54, 1.807) is 24.1 Å². The zero-order valence-electron chi connectivity index (χ0n) is 18.1. The van der Waals surface area contributed by atoms with E-state index in [4.69, 9.17) is 11.6 Å². The third-order valence-corrected chi connectivity index (χ3v) is 7.59. The van der Waals surface area contributed by atoms with Gasteiger partial charge < -0.3 is 10.2 Å².